The van der Waals surface area contributed by atoms with Gasteiger partial charge in [-0.25, -0.2) is 0 Å². The minimum absolute atomic E-state index is 0.123. The zero-order valence-electron chi connectivity index (χ0n) is 15.5. The Labute approximate surface area is 164 Å². The van der Waals surface area contributed by atoms with E-state index in [0.29, 0.717) is 11.6 Å². The van der Waals surface area contributed by atoms with Crippen LogP contribution in [0.15, 0.2) is 48.7 Å². The topological polar surface area (TPSA) is 77.2 Å². The Bertz CT molecular complexity index is 949. The molecule has 1 aliphatic carbocycles. The average molecular weight is 371 g/mol. The van der Waals surface area contributed by atoms with Crippen LogP contribution in [0.1, 0.15) is 35.6 Å². The second-order valence-electron chi connectivity index (χ2n) is 7.31. The zero-order chi connectivity index (χ0) is 19.5. The molecule has 2 aliphatic rings. The van der Waals surface area contributed by atoms with E-state index in [1.54, 1.807) is 18.3 Å². The first-order valence-corrected chi connectivity index (χ1v) is 9.54. The first-order chi connectivity index (χ1) is 13.7. The van der Waals surface area contributed by atoms with Crippen molar-refractivity contribution < 1.29 is 9.90 Å². The maximum atomic E-state index is 12.7. The molecule has 1 aliphatic heterocycles. The minimum Gasteiger partial charge on any atom is -0.394 e. The van der Waals surface area contributed by atoms with Crippen molar-refractivity contribution in [3.05, 3.63) is 65.5 Å². The van der Waals surface area contributed by atoms with Crippen molar-refractivity contribution in [3.63, 3.8) is 0 Å². The highest BCUT2D eigenvalue weighted by atomic mass is 16.3. The van der Waals surface area contributed by atoms with E-state index in [1.165, 1.54) is 17.7 Å². The summed E-state index contributed by atoms with van der Waals surface area (Å²) in [5.41, 5.74) is 2.56. The summed E-state index contributed by atoms with van der Waals surface area (Å²) < 4.78 is 0. The number of aromatic nitrogens is 1. The van der Waals surface area contributed by atoms with Gasteiger partial charge in [-0.2, -0.15) is 5.26 Å². The van der Waals surface area contributed by atoms with Crippen molar-refractivity contribution >= 4 is 5.91 Å². The molecule has 5 nitrogen and oxygen atoms in total. The third-order valence-electron chi connectivity index (χ3n) is 5.37. The molecular formula is C23H21N3O2. The van der Waals surface area contributed by atoms with Gasteiger partial charge in [-0.05, 0) is 42.7 Å². The van der Waals surface area contributed by atoms with Crippen LogP contribution in [0.25, 0.3) is 0 Å². The zero-order valence-corrected chi connectivity index (χ0v) is 15.5. The minimum atomic E-state index is -0.586. The van der Waals surface area contributed by atoms with Crippen molar-refractivity contribution in [1.29, 1.82) is 5.26 Å². The Morgan fingerprint density at radius 3 is 2.61 bits per heavy atom. The van der Waals surface area contributed by atoms with Crippen LogP contribution < -0.4 is 0 Å². The van der Waals surface area contributed by atoms with Gasteiger partial charge in [-0.1, -0.05) is 30.0 Å². The number of aliphatic hydroxyl groups is 1. The summed E-state index contributed by atoms with van der Waals surface area (Å²) >= 11 is 0. The number of carbonyl (C=O) groups excluding carboxylic acids is 1. The lowest BCUT2D eigenvalue weighted by molar-refractivity contribution is -0.146. The van der Waals surface area contributed by atoms with Crippen LogP contribution in [0, 0.1) is 29.1 Å². The molecule has 1 aromatic heterocycles. The van der Waals surface area contributed by atoms with Crippen molar-refractivity contribution in [2.45, 2.75) is 37.3 Å². The number of hydrogen-bond acceptors (Lipinski definition) is 4. The van der Waals surface area contributed by atoms with Crippen LogP contribution in [0.5, 0.6) is 0 Å². The summed E-state index contributed by atoms with van der Waals surface area (Å²) in [6.45, 7) is -0.181. The average Bonchev–Trinajstić information content (AvgIpc) is 3.52. The molecule has 4 rings (SSSR count). The molecule has 2 heterocycles. The molecule has 1 aromatic carbocycles. The fourth-order valence-electron chi connectivity index (χ4n) is 3.70. The van der Waals surface area contributed by atoms with E-state index in [4.69, 9.17) is 0 Å². The van der Waals surface area contributed by atoms with Crippen LogP contribution in [0.4, 0.5) is 0 Å². The summed E-state index contributed by atoms with van der Waals surface area (Å²) in [6.07, 6.45) is 4.15. The van der Waals surface area contributed by atoms with Crippen molar-refractivity contribution in [2.75, 3.05) is 6.61 Å². The van der Waals surface area contributed by atoms with Gasteiger partial charge in [0.05, 0.1) is 25.1 Å². The highest BCUT2D eigenvalue weighted by Gasteiger charge is 2.51. The van der Waals surface area contributed by atoms with Crippen LogP contribution in [0.3, 0.4) is 0 Å². The normalized spacial score (nSPS) is 23.1. The Kier molecular flexibility index (Phi) is 5.10. The maximum Gasteiger partial charge on any atom is 0.230 e. The predicted molar refractivity (Wildman–Crippen MR) is 104 cm³/mol. The molecule has 0 spiro atoms. The van der Waals surface area contributed by atoms with Crippen LogP contribution >= 0.6 is 0 Å². The van der Waals surface area contributed by atoms with Gasteiger partial charge in [0, 0.05) is 29.3 Å². The number of rotatable bonds is 4. The largest absolute Gasteiger partial charge is 0.394 e. The molecule has 1 saturated heterocycles. The van der Waals surface area contributed by atoms with Crippen LogP contribution in [-0.2, 0) is 11.2 Å². The first kappa shape index (κ1) is 18.2. The molecule has 1 amide bonds. The quantitative estimate of drug-likeness (QED) is 0.837. The van der Waals surface area contributed by atoms with E-state index in [9.17, 15) is 15.2 Å². The number of pyridine rings is 1. The van der Waals surface area contributed by atoms with Gasteiger partial charge >= 0.3 is 0 Å². The number of nitriles is 1. The monoisotopic (exact) mass is 371 g/mol. The number of nitrogens with zero attached hydrogens (tertiary/aromatic N) is 3. The first-order valence-electron chi connectivity index (χ1n) is 9.54. The molecule has 2 fully saturated rings. The molecule has 0 bridgehead atoms. The van der Waals surface area contributed by atoms with Gasteiger partial charge in [-0.3, -0.25) is 9.78 Å². The fourth-order valence-corrected chi connectivity index (χ4v) is 3.70. The third kappa shape index (κ3) is 3.63. The van der Waals surface area contributed by atoms with Gasteiger partial charge < -0.3 is 10.0 Å². The smallest absolute Gasteiger partial charge is 0.230 e. The Hall–Kier alpha value is -3.15. The molecule has 1 saturated carbocycles. The van der Waals surface area contributed by atoms with Gasteiger partial charge in [0.1, 0.15) is 6.04 Å². The number of amides is 1. The number of aliphatic hydroxyl groups excluding tert-OH is 1. The predicted octanol–water partition coefficient (Wildman–Crippen LogP) is 2.26. The Balaban J connectivity index is 1.49. The van der Waals surface area contributed by atoms with Gasteiger partial charge in [0.15, 0.2) is 0 Å². The number of hydrogen-bond donors (Lipinski definition) is 1. The van der Waals surface area contributed by atoms with Gasteiger partial charge in [0.2, 0.25) is 5.91 Å². The van der Waals surface area contributed by atoms with E-state index in [2.05, 4.69) is 22.9 Å². The lowest BCUT2D eigenvalue weighted by Gasteiger charge is -2.51. The molecule has 28 heavy (non-hydrogen) atoms. The third-order valence-corrected chi connectivity index (χ3v) is 5.37. The molecule has 3 atom stereocenters. The lowest BCUT2D eigenvalue weighted by Crippen LogP contribution is -2.65. The molecule has 0 radical (unpaired) electrons. The van der Waals surface area contributed by atoms with Crippen molar-refractivity contribution in [1.82, 2.24) is 9.88 Å². The van der Waals surface area contributed by atoms with E-state index in [-0.39, 0.29) is 24.9 Å². The molecule has 140 valence electrons. The maximum absolute atomic E-state index is 12.7. The van der Waals surface area contributed by atoms with E-state index < -0.39 is 12.1 Å². The number of carbonyl (C=O) groups is 1. The fraction of sp³-hybridized carbons (Fsp3) is 0.348. The van der Waals surface area contributed by atoms with Crippen LogP contribution in [-0.4, -0.2) is 39.6 Å². The second kappa shape index (κ2) is 7.84. The highest BCUT2D eigenvalue weighted by molar-refractivity contribution is 5.81. The van der Waals surface area contributed by atoms with E-state index in [0.717, 1.165) is 11.1 Å². The van der Waals surface area contributed by atoms with E-state index in [1.807, 2.05) is 30.3 Å². The van der Waals surface area contributed by atoms with E-state index >= 15 is 0 Å². The number of benzene rings is 1. The Morgan fingerprint density at radius 1 is 1.21 bits per heavy atom. The summed E-state index contributed by atoms with van der Waals surface area (Å²) in [6, 6.07) is 14.5. The molecule has 0 unspecified atom stereocenters. The van der Waals surface area contributed by atoms with Gasteiger partial charge in [-0.15, -0.1) is 0 Å². The highest BCUT2D eigenvalue weighted by Crippen LogP contribution is 2.40. The number of likely N-dealkylation sites (tertiary alicyclic amines) is 1. The molecular weight excluding hydrogens is 350 g/mol. The summed E-state index contributed by atoms with van der Waals surface area (Å²) in [4.78, 5) is 18.4. The summed E-state index contributed by atoms with van der Waals surface area (Å²) in [5.74, 6) is 6.57. The lowest BCUT2D eigenvalue weighted by atomic mass is 9.75. The standard InChI is InChI=1S/C23H21N3O2/c24-14-20-23(18-10-8-17(9-11-18)7-6-16-4-5-16)21(15-27)26(20)22(28)13-19-3-1-2-12-25-19/h1-3,8-12,16,20-21,23,27H,4-5,13,15H2/t20-,21+,23+/m0/s1. The van der Waals surface area contributed by atoms with Gasteiger partial charge in [0.25, 0.3) is 0 Å². The Morgan fingerprint density at radius 2 is 2.00 bits per heavy atom. The van der Waals surface area contributed by atoms with Crippen molar-refractivity contribution in [3.8, 4) is 17.9 Å². The molecule has 2 aromatic rings. The molecule has 5 heteroatoms. The SMILES string of the molecule is N#C[C@H]1[C@@H](c2ccc(C#CC3CC3)cc2)[C@@H](CO)N1C(=O)Cc1ccccn1. The summed E-state index contributed by atoms with van der Waals surface area (Å²) in [5, 5.41) is 19.5. The molecule has 1 N–H and O–H groups in total. The second-order valence-corrected chi connectivity index (χ2v) is 7.31. The van der Waals surface area contributed by atoms with Crippen molar-refractivity contribution in [2.24, 2.45) is 5.92 Å². The van der Waals surface area contributed by atoms with Crippen LogP contribution in [0.2, 0.25) is 0 Å². The summed E-state index contributed by atoms with van der Waals surface area (Å²) in [7, 11) is 0.